The van der Waals surface area contributed by atoms with E-state index in [9.17, 15) is 9.59 Å². The number of carbonyl (C=O) groups excluding carboxylic acids is 2. The monoisotopic (exact) mass is 454 g/mol. The molecular formula is C21H18N4O3Se. The van der Waals surface area contributed by atoms with E-state index < -0.39 is 0 Å². The van der Waals surface area contributed by atoms with E-state index in [1.165, 1.54) is 6.20 Å². The number of aromatic nitrogens is 2. The Labute approximate surface area is 172 Å². The molecule has 4 rings (SSSR count). The van der Waals surface area contributed by atoms with Crippen molar-refractivity contribution in [3.8, 4) is 5.75 Å². The van der Waals surface area contributed by atoms with Gasteiger partial charge in [0.1, 0.15) is 0 Å². The minimum absolute atomic E-state index is 0.152. The number of ether oxygens (including phenoxy) is 1. The van der Waals surface area contributed by atoms with Crippen LogP contribution in [0.5, 0.6) is 5.75 Å². The Balaban J connectivity index is 1.38. The van der Waals surface area contributed by atoms with Crippen molar-refractivity contribution in [1.29, 1.82) is 0 Å². The molecule has 0 aliphatic rings. The van der Waals surface area contributed by atoms with Crippen molar-refractivity contribution in [3.63, 3.8) is 0 Å². The van der Waals surface area contributed by atoms with Crippen molar-refractivity contribution in [2.24, 2.45) is 0 Å². The zero-order valence-corrected chi connectivity index (χ0v) is 17.3. The molecule has 2 aromatic heterocycles. The topological polar surface area (TPSA) is 96.1 Å². The number of benzene rings is 2. The van der Waals surface area contributed by atoms with Crippen LogP contribution in [0.3, 0.4) is 0 Å². The fourth-order valence-electron chi connectivity index (χ4n) is 2.92. The molecule has 2 aromatic carbocycles. The molecule has 0 aliphatic carbocycles. The van der Waals surface area contributed by atoms with Crippen LogP contribution in [0.4, 0.5) is 10.4 Å². The fraction of sp³-hybridized carbons (Fsp3) is 0.0952. The Morgan fingerprint density at radius 2 is 1.90 bits per heavy atom. The van der Waals surface area contributed by atoms with Crippen LogP contribution in [0.2, 0.25) is 0 Å². The first-order chi connectivity index (χ1) is 14.1. The number of H-pyrrole nitrogens is 1. The predicted octanol–water partition coefficient (Wildman–Crippen LogP) is 3.06. The van der Waals surface area contributed by atoms with Gasteiger partial charge in [0.05, 0.1) is 0 Å². The third-order valence-corrected chi connectivity index (χ3v) is 6.26. The van der Waals surface area contributed by atoms with E-state index >= 15 is 0 Å². The number of methoxy groups -OCH3 is 1. The summed E-state index contributed by atoms with van der Waals surface area (Å²) < 4.78 is 6.19. The molecule has 2 heterocycles. The van der Waals surface area contributed by atoms with Gasteiger partial charge >= 0.3 is 173 Å². The summed E-state index contributed by atoms with van der Waals surface area (Å²) in [5.74, 6) is 0.344. The van der Waals surface area contributed by atoms with Gasteiger partial charge in [-0.05, 0) is 0 Å². The van der Waals surface area contributed by atoms with E-state index in [1.807, 2.05) is 30.5 Å². The van der Waals surface area contributed by atoms with Gasteiger partial charge in [0, 0.05) is 0 Å². The van der Waals surface area contributed by atoms with Crippen molar-refractivity contribution < 1.29 is 14.3 Å². The molecular weight excluding hydrogens is 435 g/mol. The second kappa shape index (κ2) is 8.34. The Morgan fingerprint density at radius 1 is 1.10 bits per heavy atom. The summed E-state index contributed by atoms with van der Waals surface area (Å²) in [5, 5.41) is 6.68. The Hall–Kier alpha value is -3.35. The molecule has 0 fully saturated rings. The Kier molecular flexibility index (Phi) is 5.46. The molecule has 2 amide bonds. The van der Waals surface area contributed by atoms with Crippen LogP contribution in [0, 0.1) is 0 Å². The maximum absolute atomic E-state index is 12.4. The van der Waals surface area contributed by atoms with Crippen molar-refractivity contribution in [3.05, 3.63) is 70.9 Å². The van der Waals surface area contributed by atoms with Crippen molar-refractivity contribution in [2.75, 3.05) is 17.7 Å². The molecule has 146 valence electrons. The van der Waals surface area contributed by atoms with Gasteiger partial charge in [0.25, 0.3) is 0 Å². The summed E-state index contributed by atoms with van der Waals surface area (Å²) in [7, 11) is 1.59. The Bertz CT molecular complexity index is 1160. The molecule has 7 nitrogen and oxygen atoms in total. The summed E-state index contributed by atoms with van der Waals surface area (Å²) in [6.07, 6.45) is 3.60. The molecule has 0 saturated carbocycles. The van der Waals surface area contributed by atoms with Gasteiger partial charge in [-0.2, -0.15) is 0 Å². The molecule has 0 radical (unpaired) electrons. The number of aromatic amines is 1. The van der Waals surface area contributed by atoms with E-state index in [-0.39, 0.29) is 32.7 Å². The van der Waals surface area contributed by atoms with Gasteiger partial charge < -0.3 is 0 Å². The van der Waals surface area contributed by atoms with E-state index in [0.717, 1.165) is 22.2 Å². The predicted molar refractivity (Wildman–Crippen MR) is 113 cm³/mol. The summed E-state index contributed by atoms with van der Waals surface area (Å²) in [6, 6.07) is 14.9. The number of hydrogen-bond acceptors (Lipinski definition) is 4. The molecule has 0 saturated heterocycles. The number of hydrogen-bond donors (Lipinski definition) is 3. The van der Waals surface area contributed by atoms with Crippen LogP contribution >= 0.6 is 0 Å². The molecule has 0 spiro atoms. The third-order valence-electron chi connectivity index (χ3n) is 4.35. The van der Waals surface area contributed by atoms with Crippen molar-refractivity contribution >= 4 is 47.6 Å². The number of amides is 2. The summed E-state index contributed by atoms with van der Waals surface area (Å²) >= 11 is -0.355. The Morgan fingerprint density at radius 3 is 2.69 bits per heavy atom. The molecule has 29 heavy (non-hydrogen) atoms. The summed E-state index contributed by atoms with van der Waals surface area (Å²) in [4.78, 5) is 32.2. The fourth-order valence-corrected chi connectivity index (χ4v) is 4.45. The number of nitrogens with one attached hydrogen (secondary N) is 3. The van der Waals surface area contributed by atoms with Crippen LogP contribution in [-0.2, 0) is 11.2 Å². The summed E-state index contributed by atoms with van der Waals surface area (Å²) in [6.45, 7) is 0. The van der Waals surface area contributed by atoms with Gasteiger partial charge in [0.2, 0.25) is 0 Å². The molecule has 0 aliphatic heterocycles. The van der Waals surface area contributed by atoms with E-state index in [4.69, 9.17) is 4.74 Å². The maximum atomic E-state index is 12.4. The van der Waals surface area contributed by atoms with Gasteiger partial charge in [0.15, 0.2) is 0 Å². The zero-order valence-electron chi connectivity index (χ0n) is 15.6. The molecule has 4 aromatic rings. The first kappa shape index (κ1) is 19.0. The van der Waals surface area contributed by atoms with Crippen LogP contribution in [0.15, 0.2) is 60.9 Å². The quantitative estimate of drug-likeness (QED) is 0.391. The van der Waals surface area contributed by atoms with Gasteiger partial charge in [-0.1, -0.05) is 0 Å². The van der Waals surface area contributed by atoms with Crippen LogP contribution in [0.25, 0.3) is 10.9 Å². The van der Waals surface area contributed by atoms with Crippen LogP contribution < -0.4 is 15.4 Å². The number of nitrogens with zero attached hydrogens (tertiary/aromatic N) is 1. The van der Waals surface area contributed by atoms with Crippen molar-refractivity contribution in [2.45, 2.75) is 6.42 Å². The molecule has 0 unspecified atom stereocenters. The second-order valence-corrected chi connectivity index (χ2v) is 8.46. The third kappa shape index (κ3) is 4.39. The number of fused-ring (bicyclic) bond motifs is 1. The van der Waals surface area contributed by atoms with Gasteiger partial charge in [-0.15, -0.1) is 0 Å². The zero-order chi connectivity index (χ0) is 20.2. The number of para-hydroxylation sites is 1. The first-order valence-electron chi connectivity index (χ1n) is 8.88. The SMILES string of the molecule is COc1ccc(NC(=O)c2cnc(NC(=O)Cc3c[nH]c4ccccc34)[se]2)cc1. The van der Waals surface area contributed by atoms with E-state index in [2.05, 4.69) is 20.6 Å². The molecule has 0 bridgehead atoms. The van der Waals surface area contributed by atoms with Crippen LogP contribution in [-0.4, -0.2) is 43.4 Å². The minimum atomic E-state index is -0.355. The molecule has 3 N–H and O–H groups in total. The van der Waals surface area contributed by atoms with E-state index in [0.29, 0.717) is 14.8 Å². The van der Waals surface area contributed by atoms with E-state index in [1.54, 1.807) is 31.4 Å². The number of carbonyl (C=O) groups is 2. The average molecular weight is 453 g/mol. The number of anilines is 2. The summed E-state index contributed by atoms with van der Waals surface area (Å²) in [5.41, 5.74) is 2.59. The molecule has 0 atom stereocenters. The standard InChI is InChI=1S/C21H18N4O3Se/c1-28-15-8-6-14(7-9-15)24-20(27)18-12-23-21(29-18)25-19(26)10-13-11-22-17-5-3-2-4-16(13)17/h2-9,11-12,22H,10H2,1H3,(H,24,27)(H,23,25,26). The van der Waals surface area contributed by atoms with Crippen molar-refractivity contribution in [1.82, 2.24) is 9.97 Å². The first-order valence-corrected chi connectivity index (χ1v) is 10.6. The average Bonchev–Trinajstić information content (AvgIpc) is 3.36. The normalized spacial score (nSPS) is 10.7. The van der Waals surface area contributed by atoms with Gasteiger partial charge in [-0.3, -0.25) is 0 Å². The second-order valence-electron chi connectivity index (χ2n) is 6.30. The van der Waals surface area contributed by atoms with Crippen LogP contribution in [0.1, 0.15) is 14.8 Å². The number of rotatable bonds is 6. The molecule has 8 heteroatoms. The van der Waals surface area contributed by atoms with Gasteiger partial charge in [-0.25, -0.2) is 0 Å².